The predicted octanol–water partition coefficient (Wildman–Crippen LogP) is 0.849. The third-order valence-electron chi connectivity index (χ3n) is 2.37. The van der Waals surface area contributed by atoms with E-state index in [2.05, 4.69) is 5.32 Å². The van der Waals surface area contributed by atoms with Crippen molar-refractivity contribution >= 4 is 5.97 Å². The van der Waals surface area contributed by atoms with E-state index in [9.17, 15) is 4.79 Å². The van der Waals surface area contributed by atoms with Crippen LogP contribution >= 0.6 is 0 Å². The zero-order chi connectivity index (χ0) is 8.48. The van der Waals surface area contributed by atoms with Crippen LogP contribution in [0.25, 0.3) is 0 Å². The second kappa shape index (κ2) is 2.81. The van der Waals surface area contributed by atoms with Crippen molar-refractivity contribution < 1.29 is 9.90 Å². The minimum atomic E-state index is -0.727. The molecule has 3 nitrogen and oxygen atoms in total. The third-order valence-corrected chi connectivity index (χ3v) is 2.37. The van der Waals surface area contributed by atoms with E-state index in [0.717, 1.165) is 19.4 Å². The van der Waals surface area contributed by atoms with Crippen molar-refractivity contribution in [2.24, 2.45) is 5.41 Å². The fourth-order valence-corrected chi connectivity index (χ4v) is 1.63. The quantitative estimate of drug-likeness (QED) is 0.593. The predicted molar refractivity (Wildman–Crippen MR) is 42.4 cm³/mol. The molecule has 2 N–H and O–H groups in total. The van der Waals surface area contributed by atoms with Crippen LogP contribution in [0.1, 0.15) is 26.7 Å². The highest BCUT2D eigenvalue weighted by molar-refractivity contribution is 5.74. The van der Waals surface area contributed by atoms with Crippen LogP contribution in [0.5, 0.6) is 0 Å². The SMILES string of the molecule is CC1(C)CCCNC1C(=O)O. The van der Waals surface area contributed by atoms with Crippen molar-refractivity contribution in [1.82, 2.24) is 5.32 Å². The van der Waals surface area contributed by atoms with Gasteiger partial charge in [-0.1, -0.05) is 13.8 Å². The first-order valence-corrected chi connectivity index (χ1v) is 4.00. The van der Waals surface area contributed by atoms with E-state index >= 15 is 0 Å². The first-order valence-electron chi connectivity index (χ1n) is 4.00. The Morgan fingerprint density at radius 2 is 2.27 bits per heavy atom. The summed E-state index contributed by atoms with van der Waals surface area (Å²) in [6.07, 6.45) is 2.08. The Morgan fingerprint density at radius 1 is 1.64 bits per heavy atom. The first-order chi connectivity index (χ1) is 5.04. The minimum absolute atomic E-state index is 0.0932. The molecular weight excluding hydrogens is 142 g/mol. The van der Waals surface area contributed by atoms with Gasteiger partial charge in [0.15, 0.2) is 0 Å². The van der Waals surface area contributed by atoms with Crippen LogP contribution in [-0.2, 0) is 4.79 Å². The van der Waals surface area contributed by atoms with E-state index < -0.39 is 5.97 Å². The number of piperidine rings is 1. The van der Waals surface area contributed by atoms with Gasteiger partial charge >= 0.3 is 5.97 Å². The van der Waals surface area contributed by atoms with Crippen molar-refractivity contribution in [2.45, 2.75) is 32.7 Å². The van der Waals surface area contributed by atoms with Gasteiger partial charge in [0.05, 0.1) is 0 Å². The molecule has 1 fully saturated rings. The fourth-order valence-electron chi connectivity index (χ4n) is 1.63. The maximum atomic E-state index is 10.7. The number of nitrogens with one attached hydrogen (secondary N) is 1. The van der Waals surface area contributed by atoms with Crippen LogP contribution in [-0.4, -0.2) is 23.7 Å². The average Bonchev–Trinajstić information content (AvgIpc) is 1.85. The highest BCUT2D eigenvalue weighted by Gasteiger charge is 2.36. The Morgan fingerprint density at radius 3 is 2.64 bits per heavy atom. The van der Waals surface area contributed by atoms with Gasteiger partial charge in [-0.25, -0.2) is 0 Å². The van der Waals surface area contributed by atoms with Gasteiger partial charge in [-0.05, 0) is 24.8 Å². The summed E-state index contributed by atoms with van der Waals surface area (Å²) in [5.74, 6) is -0.727. The van der Waals surface area contributed by atoms with Crippen LogP contribution in [0.4, 0.5) is 0 Å². The van der Waals surface area contributed by atoms with E-state index in [4.69, 9.17) is 5.11 Å². The Hall–Kier alpha value is -0.570. The number of carbonyl (C=O) groups is 1. The molecule has 0 aromatic carbocycles. The second-order valence-corrected chi connectivity index (χ2v) is 3.82. The maximum absolute atomic E-state index is 10.7. The Bertz CT molecular complexity index is 165. The van der Waals surface area contributed by atoms with Crippen molar-refractivity contribution in [3.63, 3.8) is 0 Å². The summed E-state index contributed by atoms with van der Waals surface area (Å²) in [6, 6.07) is -0.365. The second-order valence-electron chi connectivity index (χ2n) is 3.82. The molecule has 1 saturated heterocycles. The van der Waals surface area contributed by atoms with Crippen LogP contribution in [0, 0.1) is 5.41 Å². The molecule has 1 aliphatic heterocycles. The van der Waals surface area contributed by atoms with E-state index in [1.807, 2.05) is 13.8 Å². The molecule has 0 bridgehead atoms. The molecule has 0 amide bonds. The molecule has 1 heterocycles. The van der Waals surface area contributed by atoms with Crippen LogP contribution < -0.4 is 5.32 Å². The topological polar surface area (TPSA) is 49.3 Å². The molecule has 1 atom stereocenters. The van der Waals surface area contributed by atoms with Gasteiger partial charge in [0.25, 0.3) is 0 Å². The van der Waals surface area contributed by atoms with Crippen LogP contribution in [0.3, 0.4) is 0 Å². The number of carboxylic acids is 1. The Balaban J connectivity index is 2.67. The maximum Gasteiger partial charge on any atom is 0.321 e. The summed E-state index contributed by atoms with van der Waals surface area (Å²) >= 11 is 0. The van der Waals surface area contributed by atoms with Gasteiger partial charge in [0.1, 0.15) is 6.04 Å². The molecule has 3 heteroatoms. The summed E-state index contributed by atoms with van der Waals surface area (Å²) in [5.41, 5.74) is -0.0932. The summed E-state index contributed by atoms with van der Waals surface area (Å²) in [7, 11) is 0. The molecule has 1 rings (SSSR count). The largest absolute Gasteiger partial charge is 0.480 e. The van der Waals surface area contributed by atoms with Gasteiger partial charge in [-0.3, -0.25) is 4.79 Å². The minimum Gasteiger partial charge on any atom is -0.480 e. The lowest BCUT2D eigenvalue weighted by Gasteiger charge is -2.36. The van der Waals surface area contributed by atoms with Gasteiger partial charge in [-0.2, -0.15) is 0 Å². The van der Waals surface area contributed by atoms with E-state index in [1.165, 1.54) is 0 Å². The molecule has 0 aromatic rings. The number of carboxylic acid groups (broad SMARTS) is 1. The zero-order valence-electron chi connectivity index (χ0n) is 7.05. The summed E-state index contributed by atoms with van der Waals surface area (Å²) < 4.78 is 0. The molecule has 64 valence electrons. The first kappa shape index (κ1) is 8.53. The molecule has 11 heavy (non-hydrogen) atoms. The number of rotatable bonds is 1. The number of hydrogen-bond donors (Lipinski definition) is 2. The lowest BCUT2D eigenvalue weighted by molar-refractivity contribution is -0.143. The number of aliphatic carboxylic acids is 1. The Labute approximate surface area is 66.8 Å². The lowest BCUT2D eigenvalue weighted by Crippen LogP contribution is -2.51. The lowest BCUT2D eigenvalue weighted by atomic mass is 9.78. The zero-order valence-corrected chi connectivity index (χ0v) is 7.05. The van der Waals surface area contributed by atoms with Crippen molar-refractivity contribution in [1.29, 1.82) is 0 Å². The molecule has 0 aromatic heterocycles. The summed E-state index contributed by atoms with van der Waals surface area (Å²) in [4.78, 5) is 10.7. The normalized spacial score (nSPS) is 29.8. The highest BCUT2D eigenvalue weighted by atomic mass is 16.4. The van der Waals surface area contributed by atoms with Crippen LogP contribution in [0.2, 0.25) is 0 Å². The van der Waals surface area contributed by atoms with Crippen molar-refractivity contribution in [3.05, 3.63) is 0 Å². The molecular formula is C8H15NO2. The standard InChI is InChI=1S/C8H15NO2/c1-8(2)4-3-5-9-6(8)7(10)11/h6,9H,3-5H2,1-2H3,(H,10,11). The third kappa shape index (κ3) is 1.71. The average molecular weight is 157 g/mol. The van der Waals surface area contributed by atoms with E-state index in [0.29, 0.717) is 0 Å². The van der Waals surface area contributed by atoms with Crippen molar-refractivity contribution in [2.75, 3.05) is 6.54 Å². The fraction of sp³-hybridized carbons (Fsp3) is 0.875. The van der Waals surface area contributed by atoms with Crippen LogP contribution in [0.15, 0.2) is 0 Å². The molecule has 0 radical (unpaired) electrons. The van der Waals surface area contributed by atoms with Gasteiger partial charge in [0.2, 0.25) is 0 Å². The number of hydrogen-bond acceptors (Lipinski definition) is 2. The molecule has 1 aliphatic rings. The molecule has 0 saturated carbocycles. The van der Waals surface area contributed by atoms with E-state index in [1.54, 1.807) is 0 Å². The molecule has 1 unspecified atom stereocenters. The van der Waals surface area contributed by atoms with Gasteiger partial charge in [0, 0.05) is 0 Å². The highest BCUT2D eigenvalue weighted by Crippen LogP contribution is 2.29. The smallest absolute Gasteiger partial charge is 0.321 e. The monoisotopic (exact) mass is 157 g/mol. The van der Waals surface area contributed by atoms with Gasteiger partial charge < -0.3 is 10.4 Å². The molecule has 0 spiro atoms. The summed E-state index contributed by atoms with van der Waals surface area (Å²) in [6.45, 7) is 4.83. The van der Waals surface area contributed by atoms with Gasteiger partial charge in [-0.15, -0.1) is 0 Å². The van der Waals surface area contributed by atoms with E-state index in [-0.39, 0.29) is 11.5 Å². The molecule has 0 aliphatic carbocycles. The summed E-state index contributed by atoms with van der Waals surface area (Å²) in [5, 5.41) is 11.8. The van der Waals surface area contributed by atoms with Crippen molar-refractivity contribution in [3.8, 4) is 0 Å². The Kier molecular flexibility index (Phi) is 2.18.